The predicted octanol–water partition coefficient (Wildman–Crippen LogP) is 5.81. The second kappa shape index (κ2) is 13.0. The van der Waals surface area contributed by atoms with Crippen LogP contribution in [0, 0.1) is 0 Å². The van der Waals surface area contributed by atoms with Crippen LogP contribution in [-0.4, -0.2) is 15.0 Å². The summed E-state index contributed by atoms with van der Waals surface area (Å²) in [7, 11) is 2.04. The molecule has 6 aromatic rings. The Morgan fingerprint density at radius 3 is 1.38 bits per heavy atom. The zero-order valence-electron chi connectivity index (χ0n) is 23.9. The molecule has 0 spiro atoms. The van der Waals surface area contributed by atoms with Crippen LogP contribution in [0.5, 0.6) is 0 Å². The first-order valence-corrected chi connectivity index (χ1v) is 14.5. The molecule has 206 valence electrons. The van der Waals surface area contributed by atoms with Crippen LogP contribution in [0.1, 0.15) is 19.3 Å². The van der Waals surface area contributed by atoms with Gasteiger partial charge in [0, 0.05) is 61.6 Å². The minimum absolute atomic E-state index is 0.840. The van der Waals surface area contributed by atoms with Gasteiger partial charge in [0.05, 0.1) is 22.8 Å². The maximum atomic E-state index is 4.89. The van der Waals surface area contributed by atoms with Gasteiger partial charge in [-0.2, -0.15) is 0 Å². The first-order valence-electron chi connectivity index (χ1n) is 14.5. The van der Waals surface area contributed by atoms with Gasteiger partial charge in [0.25, 0.3) is 0 Å². The van der Waals surface area contributed by atoms with Crippen molar-refractivity contribution in [2.24, 2.45) is 7.05 Å². The van der Waals surface area contributed by atoms with Crippen LogP contribution in [0.25, 0.3) is 45.0 Å². The molecule has 0 aromatic carbocycles. The van der Waals surface area contributed by atoms with E-state index in [1.807, 2.05) is 43.4 Å². The molecule has 0 aliphatic heterocycles. The molecule has 0 amide bonds. The van der Waals surface area contributed by atoms with Crippen molar-refractivity contribution in [3.63, 3.8) is 0 Å². The summed E-state index contributed by atoms with van der Waals surface area (Å²) in [4.78, 5) is 13.9. The van der Waals surface area contributed by atoms with Crippen molar-refractivity contribution >= 4 is 0 Å². The number of rotatable bonds is 10. The van der Waals surface area contributed by atoms with Gasteiger partial charge < -0.3 is 0 Å². The van der Waals surface area contributed by atoms with Crippen molar-refractivity contribution in [2.45, 2.75) is 32.4 Å². The Morgan fingerprint density at radius 2 is 0.929 bits per heavy atom. The molecule has 0 radical (unpaired) electrons. The van der Waals surface area contributed by atoms with E-state index in [1.54, 1.807) is 12.4 Å². The summed E-state index contributed by atoms with van der Waals surface area (Å²) in [6, 6.07) is 29.1. The fourth-order valence-electron chi connectivity index (χ4n) is 5.04. The maximum Gasteiger partial charge on any atom is 0.169 e. The Labute approximate surface area is 247 Å². The molecule has 0 aliphatic rings. The van der Waals surface area contributed by atoms with Gasteiger partial charge in [0.1, 0.15) is 20.1 Å². The van der Waals surface area contributed by atoms with E-state index in [1.165, 1.54) is 17.5 Å². The lowest BCUT2D eigenvalue weighted by Crippen LogP contribution is -2.34. The molecule has 0 atom stereocenters. The van der Waals surface area contributed by atoms with E-state index in [9.17, 15) is 0 Å². The summed E-state index contributed by atoms with van der Waals surface area (Å²) in [6.07, 6.45) is 20.0. The number of aryl methyl sites for hydroxylation is 3. The van der Waals surface area contributed by atoms with Gasteiger partial charge in [-0.15, -0.1) is 0 Å². The molecular formula is C36H35N6+3. The third-order valence-electron chi connectivity index (χ3n) is 7.44. The molecular weight excluding hydrogens is 516 g/mol. The number of hydrogen-bond donors (Lipinski definition) is 0. The molecule has 6 heterocycles. The van der Waals surface area contributed by atoms with E-state index < -0.39 is 0 Å². The standard InChI is InChI=1S/C36H35N6/c1-40-21-11-29(12-22-40)30-13-23-41(24-14-30)19-7-2-8-20-42-25-15-31(16-26-42)32-27-35(33-9-3-5-17-37-33)39-36(28-32)34-10-4-6-18-38-34/h3-6,9-18,21-28H,2,7-8,19-20H2,1H3/q+3. The van der Waals surface area contributed by atoms with Gasteiger partial charge in [0.2, 0.25) is 0 Å². The highest BCUT2D eigenvalue weighted by molar-refractivity contribution is 5.74. The molecule has 0 saturated carbocycles. The minimum Gasteiger partial charge on any atom is -0.255 e. The minimum atomic E-state index is 0.840. The molecule has 6 aromatic heterocycles. The molecule has 0 aliphatic carbocycles. The van der Waals surface area contributed by atoms with E-state index in [2.05, 4.69) is 109 Å². The molecule has 0 bridgehead atoms. The third-order valence-corrected chi connectivity index (χ3v) is 7.44. The van der Waals surface area contributed by atoms with Crippen molar-refractivity contribution < 1.29 is 13.7 Å². The SMILES string of the molecule is C[n+]1ccc(-c2cc[n+](CCCCC[n+]3ccc(-c4cc(-c5ccccn5)nc(-c5ccccn5)c4)cc3)cc2)cc1. The molecule has 6 nitrogen and oxygen atoms in total. The van der Waals surface area contributed by atoms with E-state index in [4.69, 9.17) is 4.98 Å². The smallest absolute Gasteiger partial charge is 0.169 e. The summed E-state index contributed by atoms with van der Waals surface area (Å²) in [5, 5.41) is 0. The Morgan fingerprint density at radius 1 is 0.476 bits per heavy atom. The molecule has 0 N–H and O–H groups in total. The lowest BCUT2D eigenvalue weighted by Gasteiger charge is -2.09. The van der Waals surface area contributed by atoms with Crippen LogP contribution in [0.3, 0.4) is 0 Å². The second-order valence-electron chi connectivity index (χ2n) is 10.5. The van der Waals surface area contributed by atoms with E-state index in [0.717, 1.165) is 59.8 Å². The van der Waals surface area contributed by atoms with Gasteiger partial charge in [-0.1, -0.05) is 12.1 Å². The van der Waals surface area contributed by atoms with Crippen LogP contribution in [0.2, 0.25) is 0 Å². The quantitative estimate of drug-likeness (QED) is 0.160. The molecule has 42 heavy (non-hydrogen) atoms. The van der Waals surface area contributed by atoms with Crippen LogP contribution in [-0.2, 0) is 20.1 Å². The van der Waals surface area contributed by atoms with Gasteiger partial charge in [-0.25, -0.2) is 18.7 Å². The van der Waals surface area contributed by atoms with Crippen LogP contribution >= 0.6 is 0 Å². The summed E-state index contributed by atoms with van der Waals surface area (Å²) < 4.78 is 6.60. The molecule has 0 saturated heterocycles. The van der Waals surface area contributed by atoms with Crippen molar-refractivity contribution in [3.05, 3.63) is 135 Å². The van der Waals surface area contributed by atoms with Gasteiger partial charge >= 0.3 is 0 Å². The van der Waals surface area contributed by atoms with E-state index in [-0.39, 0.29) is 0 Å². The first kappa shape index (κ1) is 27.1. The highest BCUT2D eigenvalue weighted by Crippen LogP contribution is 2.28. The van der Waals surface area contributed by atoms with Crippen LogP contribution in [0.15, 0.2) is 135 Å². The molecule has 6 heteroatoms. The van der Waals surface area contributed by atoms with Gasteiger partial charge in [-0.05, 0) is 65.1 Å². The average molecular weight is 552 g/mol. The number of pyridine rings is 6. The summed E-state index contributed by atoms with van der Waals surface area (Å²) in [5.74, 6) is 0. The fraction of sp³-hybridized carbons (Fsp3) is 0.167. The summed E-state index contributed by atoms with van der Waals surface area (Å²) >= 11 is 0. The number of aromatic nitrogens is 6. The summed E-state index contributed by atoms with van der Waals surface area (Å²) in [6.45, 7) is 2.04. The Bertz CT molecular complexity index is 1660. The third kappa shape index (κ3) is 6.78. The average Bonchev–Trinajstić information content (AvgIpc) is 3.06. The lowest BCUT2D eigenvalue weighted by molar-refractivity contribution is -0.701. The predicted molar refractivity (Wildman–Crippen MR) is 163 cm³/mol. The topological polar surface area (TPSA) is 50.3 Å². The van der Waals surface area contributed by atoms with Gasteiger partial charge in [0.15, 0.2) is 37.2 Å². The Balaban J connectivity index is 1.06. The molecule has 0 fully saturated rings. The molecule has 6 rings (SSSR count). The van der Waals surface area contributed by atoms with E-state index in [0.29, 0.717) is 0 Å². The maximum absolute atomic E-state index is 4.89. The van der Waals surface area contributed by atoms with Crippen molar-refractivity contribution in [1.29, 1.82) is 0 Å². The number of nitrogens with zero attached hydrogens (tertiary/aromatic N) is 6. The van der Waals surface area contributed by atoms with Crippen LogP contribution in [0.4, 0.5) is 0 Å². The monoisotopic (exact) mass is 551 g/mol. The number of hydrogen-bond acceptors (Lipinski definition) is 3. The number of unbranched alkanes of at least 4 members (excludes halogenated alkanes) is 2. The highest BCUT2D eigenvalue weighted by atomic mass is 14.9. The second-order valence-corrected chi connectivity index (χ2v) is 10.5. The molecule has 0 unspecified atom stereocenters. The largest absolute Gasteiger partial charge is 0.255 e. The summed E-state index contributed by atoms with van der Waals surface area (Å²) in [5.41, 5.74) is 8.12. The van der Waals surface area contributed by atoms with Crippen LogP contribution < -0.4 is 13.7 Å². The Hall–Kier alpha value is -5.10. The first-order chi connectivity index (χ1) is 20.7. The zero-order valence-corrected chi connectivity index (χ0v) is 23.9. The fourth-order valence-corrected chi connectivity index (χ4v) is 5.04. The highest BCUT2D eigenvalue weighted by Gasteiger charge is 2.12. The Kier molecular flexibility index (Phi) is 8.41. The lowest BCUT2D eigenvalue weighted by atomic mass is 10.0. The van der Waals surface area contributed by atoms with Crippen molar-refractivity contribution in [3.8, 4) is 45.0 Å². The van der Waals surface area contributed by atoms with Crippen molar-refractivity contribution in [2.75, 3.05) is 0 Å². The van der Waals surface area contributed by atoms with E-state index >= 15 is 0 Å². The zero-order chi connectivity index (χ0) is 28.6. The van der Waals surface area contributed by atoms with Gasteiger partial charge in [-0.3, -0.25) is 9.97 Å². The normalized spacial score (nSPS) is 11.0. The van der Waals surface area contributed by atoms with Crippen molar-refractivity contribution in [1.82, 2.24) is 15.0 Å².